The topological polar surface area (TPSA) is 113 Å². The van der Waals surface area contributed by atoms with Gasteiger partial charge in [0.25, 0.3) is 5.91 Å². The number of rotatable bonds is 5. The first-order valence-corrected chi connectivity index (χ1v) is 9.76. The van der Waals surface area contributed by atoms with Gasteiger partial charge in [-0.05, 0) is 44.0 Å². The fraction of sp³-hybridized carbons (Fsp3) is 0.318. The van der Waals surface area contributed by atoms with Crippen LogP contribution >= 0.6 is 0 Å². The number of nitrogens with zero attached hydrogens (tertiary/aromatic N) is 1. The predicted octanol–water partition coefficient (Wildman–Crippen LogP) is 3.56. The quantitative estimate of drug-likeness (QED) is 0.550. The summed E-state index contributed by atoms with van der Waals surface area (Å²) in [7, 11) is 0. The lowest BCUT2D eigenvalue weighted by Gasteiger charge is -2.33. The molecule has 1 fully saturated rings. The fourth-order valence-electron chi connectivity index (χ4n) is 3.96. The van der Waals surface area contributed by atoms with Crippen LogP contribution in [-0.2, 0) is 10.2 Å². The SMILES string of the molecule is Cc1noc(=O)c2ccc(NC(=O)C(O)(CC3(c4ccccc4O)CC3)C(F)(F)F)cc12. The molecule has 1 aromatic heterocycles. The van der Waals surface area contributed by atoms with E-state index >= 15 is 0 Å². The number of halogens is 3. The van der Waals surface area contributed by atoms with Crippen molar-refractivity contribution in [2.45, 2.75) is 43.4 Å². The van der Waals surface area contributed by atoms with E-state index in [1.165, 1.54) is 43.3 Å². The molecular weight excluding hydrogens is 429 g/mol. The Kier molecular flexibility index (Phi) is 5.00. The first-order valence-electron chi connectivity index (χ1n) is 9.76. The van der Waals surface area contributed by atoms with Crippen molar-refractivity contribution in [1.29, 1.82) is 0 Å². The van der Waals surface area contributed by atoms with Crippen LogP contribution in [0.25, 0.3) is 10.8 Å². The van der Waals surface area contributed by atoms with Crippen molar-refractivity contribution in [2.24, 2.45) is 0 Å². The number of amides is 1. The molecule has 2 aromatic carbocycles. The van der Waals surface area contributed by atoms with Gasteiger partial charge in [-0.3, -0.25) is 4.79 Å². The van der Waals surface area contributed by atoms with Crippen molar-refractivity contribution in [3.05, 3.63) is 64.1 Å². The second-order valence-electron chi connectivity index (χ2n) is 8.10. The highest BCUT2D eigenvalue weighted by molar-refractivity contribution is 6.00. The molecule has 0 spiro atoms. The zero-order chi connectivity index (χ0) is 23.3. The molecule has 3 N–H and O–H groups in total. The van der Waals surface area contributed by atoms with E-state index in [-0.39, 0.29) is 35.2 Å². The summed E-state index contributed by atoms with van der Waals surface area (Å²) in [4.78, 5) is 24.5. The molecular formula is C22H19F3N2O5. The number of nitrogens with one attached hydrogen (secondary N) is 1. The minimum Gasteiger partial charge on any atom is -0.508 e. The third kappa shape index (κ3) is 3.60. The van der Waals surface area contributed by atoms with E-state index in [0.29, 0.717) is 11.1 Å². The van der Waals surface area contributed by atoms with Crippen molar-refractivity contribution < 1.29 is 32.7 Å². The molecule has 10 heteroatoms. The second-order valence-corrected chi connectivity index (χ2v) is 8.10. The summed E-state index contributed by atoms with van der Waals surface area (Å²) in [6.45, 7) is 1.53. The molecule has 1 saturated carbocycles. The Morgan fingerprint density at radius 3 is 2.50 bits per heavy atom. The van der Waals surface area contributed by atoms with Crippen LogP contribution in [0.15, 0.2) is 51.8 Å². The highest BCUT2D eigenvalue weighted by atomic mass is 19.4. The third-order valence-electron chi connectivity index (χ3n) is 5.92. The Morgan fingerprint density at radius 1 is 1.19 bits per heavy atom. The maximum absolute atomic E-state index is 14.0. The Morgan fingerprint density at radius 2 is 1.88 bits per heavy atom. The predicted molar refractivity (Wildman–Crippen MR) is 108 cm³/mol. The van der Waals surface area contributed by atoms with Gasteiger partial charge in [-0.25, -0.2) is 4.79 Å². The van der Waals surface area contributed by atoms with Crippen LogP contribution in [-0.4, -0.2) is 33.1 Å². The van der Waals surface area contributed by atoms with E-state index < -0.39 is 35.1 Å². The van der Waals surface area contributed by atoms with Crippen molar-refractivity contribution in [3.63, 3.8) is 0 Å². The molecule has 1 amide bonds. The molecule has 3 aromatic rings. The Labute approximate surface area is 179 Å². The van der Waals surface area contributed by atoms with Crippen LogP contribution in [0.1, 0.15) is 30.5 Å². The van der Waals surface area contributed by atoms with Crippen molar-refractivity contribution in [2.75, 3.05) is 5.32 Å². The number of phenolic OH excluding ortho intramolecular Hbond substituents is 1. The van der Waals surface area contributed by atoms with Gasteiger partial charge in [0.15, 0.2) is 0 Å². The summed E-state index contributed by atoms with van der Waals surface area (Å²) < 4.78 is 46.5. The minimum atomic E-state index is -5.27. The molecule has 0 aliphatic heterocycles. The third-order valence-corrected chi connectivity index (χ3v) is 5.92. The van der Waals surface area contributed by atoms with Gasteiger partial charge in [-0.1, -0.05) is 23.4 Å². The van der Waals surface area contributed by atoms with Gasteiger partial charge in [0.05, 0.1) is 11.1 Å². The average Bonchev–Trinajstić information content (AvgIpc) is 3.50. The maximum Gasteiger partial charge on any atom is 0.426 e. The lowest BCUT2D eigenvalue weighted by atomic mass is 9.81. The summed E-state index contributed by atoms with van der Waals surface area (Å²) in [6.07, 6.45) is -5.64. The molecule has 0 radical (unpaired) electrons. The van der Waals surface area contributed by atoms with Crippen LogP contribution < -0.4 is 10.9 Å². The number of aryl methyl sites for hydroxylation is 1. The monoisotopic (exact) mass is 448 g/mol. The first-order chi connectivity index (χ1) is 15.0. The van der Waals surface area contributed by atoms with E-state index in [4.69, 9.17) is 0 Å². The maximum atomic E-state index is 14.0. The average molecular weight is 448 g/mol. The number of fused-ring (bicyclic) bond motifs is 1. The number of alkyl halides is 3. The number of hydrogen-bond donors (Lipinski definition) is 3. The number of carbonyl (C=O) groups excluding carboxylic acids is 1. The van der Waals surface area contributed by atoms with Crippen molar-refractivity contribution in [3.8, 4) is 5.75 Å². The smallest absolute Gasteiger partial charge is 0.426 e. The zero-order valence-electron chi connectivity index (χ0n) is 16.9. The molecule has 4 rings (SSSR count). The highest BCUT2D eigenvalue weighted by Gasteiger charge is 2.65. The van der Waals surface area contributed by atoms with Crippen molar-refractivity contribution in [1.82, 2.24) is 5.16 Å². The standard InChI is InChI=1S/C22H19F3N2O5/c1-12-15-10-13(6-7-14(15)18(29)32-27-12)26-19(30)21(31,22(23,24)25)11-20(8-9-20)16-4-2-3-5-17(16)28/h2-7,10,28,31H,8-9,11H2,1H3,(H,26,30). The van der Waals surface area contributed by atoms with E-state index in [9.17, 15) is 33.0 Å². The normalized spacial score (nSPS) is 17.0. The molecule has 1 aliphatic carbocycles. The lowest BCUT2D eigenvalue weighted by molar-refractivity contribution is -0.253. The van der Waals surface area contributed by atoms with E-state index in [1.54, 1.807) is 6.07 Å². The molecule has 168 valence electrons. The summed E-state index contributed by atoms with van der Waals surface area (Å²) in [5.74, 6) is -1.84. The Bertz CT molecular complexity index is 1270. The number of aromatic hydroxyl groups is 1. The van der Waals surface area contributed by atoms with E-state index in [2.05, 4.69) is 15.0 Å². The first kappa shape index (κ1) is 21.8. The number of para-hydroxylation sites is 1. The summed E-state index contributed by atoms with van der Waals surface area (Å²) in [5, 5.41) is 26.8. The fourth-order valence-corrected chi connectivity index (χ4v) is 3.96. The molecule has 1 unspecified atom stereocenters. The van der Waals surface area contributed by atoms with Gasteiger partial charge in [0.1, 0.15) is 5.75 Å². The highest BCUT2D eigenvalue weighted by Crippen LogP contribution is 2.57. The Hall–Kier alpha value is -3.40. The number of anilines is 1. The van der Waals surface area contributed by atoms with Gasteiger partial charge in [0, 0.05) is 28.5 Å². The van der Waals surface area contributed by atoms with Crippen LogP contribution in [0.2, 0.25) is 0 Å². The number of carbonyl (C=O) groups is 1. The number of aromatic nitrogens is 1. The van der Waals surface area contributed by atoms with Crippen molar-refractivity contribution >= 4 is 22.4 Å². The van der Waals surface area contributed by atoms with Crippen LogP contribution in [0.3, 0.4) is 0 Å². The van der Waals surface area contributed by atoms with E-state index in [0.717, 1.165) is 0 Å². The van der Waals surface area contributed by atoms with Crippen LogP contribution in [0.5, 0.6) is 5.75 Å². The Balaban J connectivity index is 1.68. The van der Waals surface area contributed by atoms with Gasteiger partial charge < -0.3 is 20.1 Å². The molecule has 1 heterocycles. The van der Waals surface area contributed by atoms with Gasteiger partial charge >= 0.3 is 11.8 Å². The zero-order valence-corrected chi connectivity index (χ0v) is 16.9. The second kappa shape index (κ2) is 7.33. The number of phenols is 1. The van der Waals surface area contributed by atoms with Crippen LogP contribution in [0, 0.1) is 6.92 Å². The van der Waals surface area contributed by atoms with Crippen LogP contribution in [0.4, 0.5) is 18.9 Å². The summed E-state index contributed by atoms with van der Waals surface area (Å²) >= 11 is 0. The largest absolute Gasteiger partial charge is 0.508 e. The number of hydrogen-bond acceptors (Lipinski definition) is 6. The number of benzene rings is 2. The molecule has 1 atom stereocenters. The lowest BCUT2D eigenvalue weighted by Crippen LogP contribution is -2.56. The minimum absolute atomic E-state index is 0.0481. The number of aliphatic hydroxyl groups is 1. The van der Waals surface area contributed by atoms with E-state index in [1.807, 2.05) is 0 Å². The molecule has 32 heavy (non-hydrogen) atoms. The summed E-state index contributed by atoms with van der Waals surface area (Å²) in [6, 6.07) is 9.77. The molecule has 0 saturated heterocycles. The summed E-state index contributed by atoms with van der Waals surface area (Å²) in [5.41, 5.74) is -5.09. The molecule has 1 aliphatic rings. The molecule has 0 bridgehead atoms. The van der Waals surface area contributed by atoms with Gasteiger partial charge in [-0.2, -0.15) is 13.2 Å². The molecule has 7 nitrogen and oxygen atoms in total. The van der Waals surface area contributed by atoms with Gasteiger partial charge in [-0.15, -0.1) is 0 Å². The van der Waals surface area contributed by atoms with Gasteiger partial charge in [0.2, 0.25) is 5.60 Å².